The maximum atomic E-state index is 12.6. The molecule has 3 N–H and O–H groups in total. The van der Waals surface area contributed by atoms with E-state index in [0.29, 0.717) is 12.1 Å². The number of carbonyl (C=O) groups excluding carboxylic acids is 3. The van der Waals surface area contributed by atoms with E-state index >= 15 is 0 Å². The van der Waals surface area contributed by atoms with Crippen molar-refractivity contribution in [3.05, 3.63) is 53.8 Å². The summed E-state index contributed by atoms with van der Waals surface area (Å²) in [7, 11) is 1.34. The van der Waals surface area contributed by atoms with Gasteiger partial charge in [-0.25, -0.2) is 0 Å². The molecule has 0 radical (unpaired) electrons. The minimum atomic E-state index is -0.798. The number of esters is 1. The zero-order chi connectivity index (χ0) is 21.0. The van der Waals surface area contributed by atoms with Crippen LogP contribution >= 0.6 is 11.8 Å². The summed E-state index contributed by atoms with van der Waals surface area (Å²) in [6.45, 7) is 0.503. The Morgan fingerprint density at radius 3 is 2.72 bits per heavy atom. The summed E-state index contributed by atoms with van der Waals surface area (Å²) in [5.74, 6) is -1.83. The van der Waals surface area contributed by atoms with Gasteiger partial charge in [-0.2, -0.15) is 0 Å². The van der Waals surface area contributed by atoms with E-state index in [4.69, 9.17) is 10.6 Å². The number of ketones is 2. The van der Waals surface area contributed by atoms with Gasteiger partial charge in [0, 0.05) is 23.2 Å². The number of nitrogens with one attached hydrogen (secondary N) is 2. The first-order valence-electron chi connectivity index (χ1n) is 8.92. The van der Waals surface area contributed by atoms with Crippen molar-refractivity contribution in [3.8, 4) is 0 Å². The molecule has 0 aromatic heterocycles. The van der Waals surface area contributed by atoms with Crippen molar-refractivity contribution in [2.45, 2.75) is 4.90 Å². The Morgan fingerprint density at radius 2 is 2.07 bits per heavy atom. The largest absolute Gasteiger partial charge is 0.468 e. The van der Waals surface area contributed by atoms with E-state index in [9.17, 15) is 14.4 Å². The van der Waals surface area contributed by atoms with E-state index in [1.54, 1.807) is 53.0 Å². The Balaban J connectivity index is 1.58. The lowest BCUT2D eigenvalue weighted by atomic mass is 9.83. The van der Waals surface area contributed by atoms with Gasteiger partial charge in [-0.15, -0.1) is 11.8 Å². The highest BCUT2D eigenvalue weighted by atomic mass is 32.2. The third-order valence-electron chi connectivity index (χ3n) is 4.82. The number of hydrogen-bond acceptors (Lipinski definition) is 8. The van der Waals surface area contributed by atoms with Gasteiger partial charge in [0.2, 0.25) is 0 Å². The molecule has 0 spiro atoms. The van der Waals surface area contributed by atoms with Crippen molar-refractivity contribution in [2.75, 3.05) is 26.0 Å². The number of fused-ring (bicyclic) bond motifs is 1. The quantitative estimate of drug-likeness (QED) is 0.154. The molecule has 1 heterocycles. The van der Waals surface area contributed by atoms with Crippen LogP contribution in [0, 0.1) is 17.2 Å². The second-order valence-electron chi connectivity index (χ2n) is 6.69. The van der Waals surface area contributed by atoms with Crippen LogP contribution in [0.3, 0.4) is 0 Å². The number of hydrogen-bond donors (Lipinski definition) is 3. The van der Waals surface area contributed by atoms with E-state index in [1.165, 1.54) is 18.9 Å². The molecule has 29 heavy (non-hydrogen) atoms. The summed E-state index contributed by atoms with van der Waals surface area (Å²) < 4.78 is 4.60. The topological polar surface area (TPSA) is 120 Å². The summed E-state index contributed by atoms with van der Waals surface area (Å²) in [6.07, 6.45) is 5.14. The van der Waals surface area contributed by atoms with Crippen LogP contribution in [-0.2, 0) is 14.3 Å². The van der Waals surface area contributed by atoms with Crippen LogP contribution in [0.5, 0.6) is 0 Å². The fourth-order valence-electron chi connectivity index (χ4n) is 3.26. The number of methoxy groups -OCH3 is 1. The van der Waals surface area contributed by atoms with Crippen LogP contribution in [0.2, 0.25) is 0 Å². The highest BCUT2D eigenvalue weighted by molar-refractivity contribution is 8.00. The minimum absolute atomic E-state index is 0.0808. The Hall–Kier alpha value is -2.91. The highest BCUT2D eigenvalue weighted by Gasteiger charge is 2.38. The maximum absolute atomic E-state index is 12.6. The number of Topliss-reactive ketones (excluding diaryl/α,β-unsaturated/α-hetero) is 2. The van der Waals surface area contributed by atoms with E-state index in [1.807, 2.05) is 0 Å². The second-order valence-corrected chi connectivity index (χ2v) is 7.74. The Bertz CT molecular complexity index is 894. The first-order valence-corrected chi connectivity index (χ1v) is 9.90. The summed E-state index contributed by atoms with van der Waals surface area (Å²) in [5.41, 5.74) is 3.08. The monoisotopic (exact) mass is 415 g/mol. The summed E-state index contributed by atoms with van der Waals surface area (Å²) in [4.78, 5) is 39.0. The molecule has 0 saturated carbocycles. The number of hydroxylamine groups is 1. The first kappa shape index (κ1) is 20.8. The SMILES string of the molecule is COC(=O)CSc1ccc(C(=O)CN2C=C3C=CC(C(=N)NO)C(=O)C3C2)cc1. The molecule has 0 bridgehead atoms. The number of rotatable bonds is 7. The third kappa shape index (κ3) is 4.75. The van der Waals surface area contributed by atoms with E-state index in [-0.39, 0.29) is 35.7 Å². The van der Waals surface area contributed by atoms with Gasteiger partial charge in [-0.05, 0) is 17.7 Å². The third-order valence-corrected chi connectivity index (χ3v) is 5.81. The lowest BCUT2D eigenvalue weighted by Gasteiger charge is -2.23. The molecule has 0 amide bonds. The van der Waals surface area contributed by atoms with E-state index in [2.05, 4.69) is 4.74 Å². The molecule has 0 saturated heterocycles. The fourth-order valence-corrected chi connectivity index (χ4v) is 3.99. The molecule has 2 atom stereocenters. The Kier molecular flexibility index (Phi) is 6.50. The van der Waals surface area contributed by atoms with Gasteiger partial charge in [-0.1, -0.05) is 24.3 Å². The van der Waals surface area contributed by atoms with Gasteiger partial charge < -0.3 is 9.64 Å². The predicted molar refractivity (Wildman–Crippen MR) is 107 cm³/mol. The van der Waals surface area contributed by atoms with Gasteiger partial charge in [0.1, 0.15) is 5.84 Å². The molecule has 2 unspecified atom stereocenters. The second kappa shape index (κ2) is 9.06. The van der Waals surface area contributed by atoms with Gasteiger partial charge in [-0.3, -0.25) is 30.5 Å². The van der Waals surface area contributed by atoms with Crippen LogP contribution in [0.4, 0.5) is 0 Å². The van der Waals surface area contributed by atoms with Crippen molar-refractivity contribution < 1.29 is 24.3 Å². The van der Waals surface area contributed by atoms with Crippen molar-refractivity contribution in [1.29, 1.82) is 5.41 Å². The highest BCUT2D eigenvalue weighted by Crippen LogP contribution is 2.31. The molecule has 1 aromatic rings. The van der Waals surface area contributed by atoms with Crippen molar-refractivity contribution in [3.63, 3.8) is 0 Å². The molecule has 0 fully saturated rings. The zero-order valence-electron chi connectivity index (χ0n) is 15.8. The molecule has 9 heteroatoms. The number of nitrogens with zero attached hydrogens (tertiary/aromatic N) is 1. The number of benzene rings is 1. The molecule has 8 nitrogen and oxygen atoms in total. The molecule has 2 aliphatic rings. The standard InChI is InChI=1S/C20H21N3O5S/c1-28-18(25)11-29-14-5-2-12(3-6-14)17(24)10-23-8-13-4-7-15(20(21)22-27)19(26)16(13)9-23/h2-8,15-16,27H,9-11H2,1H3,(H2,21,22). The molecule has 3 rings (SSSR count). The van der Waals surface area contributed by atoms with Gasteiger partial charge >= 0.3 is 5.97 Å². The average Bonchev–Trinajstić information content (AvgIpc) is 3.15. The molecule has 1 aliphatic carbocycles. The molecule has 1 aliphatic heterocycles. The van der Waals surface area contributed by atoms with Gasteiger partial charge in [0.15, 0.2) is 11.6 Å². The minimum Gasteiger partial charge on any atom is -0.468 e. The van der Waals surface area contributed by atoms with Crippen LogP contribution in [-0.4, -0.2) is 59.4 Å². The van der Waals surface area contributed by atoms with Gasteiger partial charge in [0.25, 0.3) is 0 Å². The van der Waals surface area contributed by atoms with Crippen molar-refractivity contribution >= 4 is 35.1 Å². The predicted octanol–water partition coefficient (Wildman–Crippen LogP) is 1.66. The molecular weight excluding hydrogens is 394 g/mol. The number of ether oxygens (including phenoxy) is 1. The summed E-state index contributed by atoms with van der Waals surface area (Å²) >= 11 is 1.33. The lowest BCUT2D eigenvalue weighted by Crippen LogP contribution is -2.39. The number of amidine groups is 1. The van der Waals surface area contributed by atoms with Crippen LogP contribution in [0.25, 0.3) is 0 Å². The van der Waals surface area contributed by atoms with Crippen LogP contribution in [0.1, 0.15) is 10.4 Å². The van der Waals surface area contributed by atoms with E-state index < -0.39 is 11.8 Å². The number of thioether (sulfide) groups is 1. The van der Waals surface area contributed by atoms with Gasteiger partial charge in [0.05, 0.1) is 31.2 Å². The fraction of sp³-hybridized carbons (Fsp3) is 0.300. The molecule has 1 aromatic carbocycles. The first-order chi connectivity index (χ1) is 13.9. The van der Waals surface area contributed by atoms with E-state index in [0.717, 1.165) is 10.5 Å². The number of allylic oxidation sites excluding steroid dienone is 1. The summed E-state index contributed by atoms with van der Waals surface area (Å²) in [5, 5.41) is 16.5. The van der Waals surface area contributed by atoms with Crippen LogP contribution in [0.15, 0.2) is 53.1 Å². The molecular formula is C20H21N3O5S. The Morgan fingerprint density at radius 1 is 1.34 bits per heavy atom. The average molecular weight is 415 g/mol. The summed E-state index contributed by atoms with van der Waals surface area (Å²) in [6, 6.07) is 7.00. The molecule has 152 valence electrons. The smallest absolute Gasteiger partial charge is 0.315 e. The van der Waals surface area contributed by atoms with Crippen molar-refractivity contribution in [1.82, 2.24) is 10.4 Å². The lowest BCUT2D eigenvalue weighted by molar-refractivity contribution is -0.137. The Labute approximate surface area is 172 Å². The normalized spacial score (nSPS) is 20.1. The van der Waals surface area contributed by atoms with Crippen LogP contribution < -0.4 is 5.48 Å². The maximum Gasteiger partial charge on any atom is 0.315 e. The number of carbonyl (C=O) groups is 3. The zero-order valence-corrected chi connectivity index (χ0v) is 16.6. The van der Waals surface area contributed by atoms with Crippen molar-refractivity contribution in [2.24, 2.45) is 11.8 Å².